The molecule has 0 atom stereocenters. The van der Waals surface area contributed by atoms with Gasteiger partial charge in [0.15, 0.2) is 0 Å². The van der Waals surface area contributed by atoms with Gasteiger partial charge in [0, 0.05) is 19.6 Å². The van der Waals surface area contributed by atoms with Gasteiger partial charge in [-0.15, -0.1) is 0 Å². The van der Waals surface area contributed by atoms with Gasteiger partial charge >= 0.3 is 5.97 Å². The third-order valence-corrected chi connectivity index (χ3v) is 3.30. The van der Waals surface area contributed by atoms with Crippen molar-refractivity contribution in [3.8, 4) is 0 Å². The summed E-state index contributed by atoms with van der Waals surface area (Å²) in [4.78, 5) is 10.2. The third-order valence-electron chi connectivity index (χ3n) is 3.30. The maximum Gasteiger partial charge on any atom is 0.303 e. The molecule has 0 unspecified atom stereocenters. The lowest BCUT2D eigenvalue weighted by Gasteiger charge is -2.00. The van der Waals surface area contributed by atoms with Crippen LogP contribution < -0.4 is 5.73 Å². The van der Waals surface area contributed by atoms with Crippen molar-refractivity contribution in [2.75, 3.05) is 19.8 Å². The van der Waals surface area contributed by atoms with Crippen LogP contribution in [0, 0.1) is 0 Å². The predicted molar refractivity (Wildman–Crippen MR) is 114 cm³/mol. The van der Waals surface area contributed by atoms with E-state index >= 15 is 0 Å². The second kappa shape index (κ2) is 39.4. The third kappa shape index (κ3) is 65.4. The summed E-state index contributed by atoms with van der Waals surface area (Å²) in [6.45, 7) is 9.12. The lowest BCUT2D eigenvalue weighted by atomic mass is 10.1. The van der Waals surface area contributed by atoms with Crippen LogP contribution in [0.1, 0.15) is 111 Å². The molecule has 0 heterocycles. The molecule has 0 aromatic rings. The molecule has 0 saturated heterocycles. The molecule has 0 saturated carbocycles. The normalized spacial score (nSPS) is 9.04. The molecule has 0 aromatic heterocycles. The molecular weight excluding hydrogens is 330 g/mol. The van der Waals surface area contributed by atoms with E-state index in [0.717, 1.165) is 19.4 Å². The van der Waals surface area contributed by atoms with E-state index in [2.05, 4.69) is 13.8 Å². The van der Waals surface area contributed by atoms with Gasteiger partial charge in [-0.2, -0.15) is 0 Å². The number of aliphatic hydroxyl groups excluding tert-OH is 2. The summed E-state index contributed by atoms with van der Waals surface area (Å²) < 4.78 is 0. The average molecular weight is 380 g/mol. The van der Waals surface area contributed by atoms with E-state index in [4.69, 9.17) is 21.1 Å². The standard InChI is InChI=1S/C12H24O2.C5H13N.2C2H6O/c1-2-3-4-5-6-7-8-9-10-11-12(13)14;1-2-3-4-5-6;2*1-2-3/h2-11H2,1H3,(H,13,14);2-6H2,1H3;2*3H,2H2,1H3. The Morgan fingerprint density at radius 1 is 0.654 bits per heavy atom. The van der Waals surface area contributed by atoms with Gasteiger partial charge in [0.25, 0.3) is 0 Å². The molecule has 0 amide bonds. The number of hydrogen-bond acceptors (Lipinski definition) is 4. The molecule has 0 aliphatic heterocycles. The second-order valence-electron chi connectivity index (χ2n) is 6.10. The van der Waals surface area contributed by atoms with Crippen molar-refractivity contribution in [3.05, 3.63) is 0 Å². The minimum absolute atomic E-state index is 0.250. The molecule has 0 rings (SSSR count). The largest absolute Gasteiger partial charge is 0.481 e. The van der Waals surface area contributed by atoms with E-state index in [9.17, 15) is 4.79 Å². The fraction of sp³-hybridized carbons (Fsp3) is 0.952. The highest BCUT2D eigenvalue weighted by Gasteiger charge is 1.96. The Morgan fingerprint density at radius 3 is 1.23 bits per heavy atom. The van der Waals surface area contributed by atoms with Gasteiger partial charge in [-0.3, -0.25) is 4.79 Å². The smallest absolute Gasteiger partial charge is 0.303 e. The first-order chi connectivity index (χ1) is 12.5. The van der Waals surface area contributed by atoms with E-state index in [1.807, 2.05) is 0 Å². The Labute approximate surface area is 163 Å². The Kier molecular flexibility index (Phi) is 50.0. The van der Waals surface area contributed by atoms with E-state index in [1.165, 1.54) is 64.2 Å². The van der Waals surface area contributed by atoms with Gasteiger partial charge in [-0.1, -0.05) is 78.1 Å². The number of aliphatic carboxylic acids is 1. The van der Waals surface area contributed by atoms with E-state index in [1.54, 1.807) is 13.8 Å². The molecule has 5 heteroatoms. The fourth-order valence-corrected chi connectivity index (χ4v) is 1.98. The first kappa shape index (κ1) is 33.0. The Bertz CT molecular complexity index is 208. The molecule has 0 fully saturated rings. The van der Waals surface area contributed by atoms with E-state index < -0.39 is 5.97 Å². The van der Waals surface area contributed by atoms with Crippen LogP contribution in [0.15, 0.2) is 0 Å². The first-order valence-electron chi connectivity index (χ1n) is 10.7. The Balaban J connectivity index is -0.000000166. The predicted octanol–water partition coefficient (Wildman–Crippen LogP) is 5.12. The molecule has 162 valence electrons. The number of rotatable bonds is 13. The van der Waals surface area contributed by atoms with Gasteiger partial charge in [0.2, 0.25) is 0 Å². The average Bonchev–Trinajstić information content (AvgIpc) is 2.60. The van der Waals surface area contributed by atoms with E-state index in [-0.39, 0.29) is 13.2 Å². The van der Waals surface area contributed by atoms with Crippen LogP contribution in [0.2, 0.25) is 0 Å². The summed E-state index contributed by atoms with van der Waals surface area (Å²) >= 11 is 0. The van der Waals surface area contributed by atoms with Crippen LogP contribution in [0.4, 0.5) is 0 Å². The quantitative estimate of drug-likeness (QED) is 0.332. The zero-order chi connectivity index (χ0) is 20.9. The molecule has 0 radical (unpaired) electrons. The minimum Gasteiger partial charge on any atom is -0.481 e. The number of carboxylic acid groups (broad SMARTS) is 1. The number of nitrogens with two attached hydrogens (primary N) is 1. The van der Waals surface area contributed by atoms with Crippen LogP contribution in [0.25, 0.3) is 0 Å². The molecule has 5 N–H and O–H groups in total. The van der Waals surface area contributed by atoms with Crippen LogP contribution in [0.5, 0.6) is 0 Å². The van der Waals surface area contributed by atoms with Crippen molar-refractivity contribution in [1.29, 1.82) is 0 Å². The number of carboxylic acids is 1. The van der Waals surface area contributed by atoms with Crippen LogP contribution >= 0.6 is 0 Å². The van der Waals surface area contributed by atoms with Crippen molar-refractivity contribution in [2.24, 2.45) is 5.73 Å². The highest BCUT2D eigenvalue weighted by Crippen LogP contribution is 2.10. The number of aliphatic hydroxyl groups is 2. The van der Waals surface area contributed by atoms with Gasteiger partial charge in [0.1, 0.15) is 0 Å². The maximum atomic E-state index is 10.2. The molecule has 0 aromatic carbocycles. The van der Waals surface area contributed by atoms with Gasteiger partial charge in [0.05, 0.1) is 0 Å². The summed E-state index contributed by atoms with van der Waals surface area (Å²) in [6, 6.07) is 0. The zero-order valence-corrected chi connectivity index (χ0v) is 18.1. The van der Waals surface area contributed by atoms with Crippen molar-refractivity contribution in [3.63, 3.8) is 0 Å². The molecule has 5 nitrogen and oxygen atoms in total. The first-order valence-corrected chi connectivity index (χ1v) is 10.7. The lowest BCUT2D eigenvalue weighted by molar-refractivity contribution is -0.137. The number of hydrogen-bond donors (Lipinski definition) is 4. The van der Waals surface area contributed by atoms with Crippen molar-refractivity contribution in [2.45, 2.75) is 111 Å². The number of carbonyl (C=O) groups is 1. The van der Waals surface area contributed by atoms with Crippen molar-refractivity contribution >= 4 is 5.97 Å². The molecule has 0 aliphatic rings. The topological polar surface area (TPSA) is 104 Å². The summed E-state index contributed by atoms with van der Waals surface area (Å²) in [5.74, 6) is -0.659. The number of unbranched alkanes of at least 4 members (excludes halogenated alkanes) is 10. The summed E-state index contributed by atoms with van der Waals surface area (Å²) in [5.41, 5.74) is 5.21. The highest BCUT2D eigenvalue weighted by molar-refractivity contribution is 5.66. The van der Waals surface area contributed by atoms with Gasteiger partial charge in [-0.05, 0) is 33.2 Å². The minimum atomic E-state index is -0.659. The summed E-state index contributed by atoms with van der Waals surface area (Å²) in [5, 5.41) is 23.6. The molecule has 0 bridgehead atoms. The van der Waals surface area contributed by atoms with Gasteiger partial charge in [-0.25, -0.2) is 0 Å². The van der Waals surface area contributed by atoms with Gasteiger partial charge < -0.3 is 21.1 Å². The second-order valence-corrected chi connectivity index (χ2v) is 6.10. The highest BCUT2D eigenvalue weighted by atomic mass is 16.4. The molecule has 0 aliphatic carbocycles. The molecular formula is C21H49NO4. The molecule has 0 spiro atoms. The van der Waals surface area contributed by atoms with E-state index in [0.29, 0.717) is 6.42 Å². The van der Waals surface area contributed by atoms with Crippen LogP contribution in [-0.2, 0) is 4.79 Å². The SMILES string of the molecule is CCCCCCCCCCCC(=O)O.CCCCCN.CCO.CCO. The zero-order valence-electron chi connectivity index (χ0n) is 18.1. The van der Waals surface area contributed by atoms with Crippen molar-refractivity contribution < 1.29 is 20.1 Å². The van der Waals surface area contributed by atoms with Crippen LogP contribution in [-0.4, -0.2) is 41.0 Å². The molecule has 26 heavy (non-hydrogen) atoms. The van der Waals surface area contributed by atoms with Crippen molar-refractivity contribution in [1.82, 2.24) is 0 Å². The maximum absolute atomic E-state index is 10.2. The summed E-state index contributed by atoms with van der Waals surface area (Å²) in [7, 11) is 0. The fourth-order valence-electron chi connectivity index (χ4n) is 1.98. The Hall–Kier alpha value is -0.650. The lowest BCUT2D eigenvalue weighted by Crippen LogP contribution is -1.96. The monoisotopic (exact) mass is 379 g/mol. The van der Waals surface area contributed by atoms with Crippen LogP contribution in [0.3, 0.4) is 0 Å². The Morgan fingerprint density at radius 2 is 0.962 bits per heavy atom. The summed E-state index contributed by atoms with van der Waals surface area (Å²) in [6.07, 6.45) is 15.2.